The summed E-state index contributed by atoms with van der Waals surface area (Å²) in [5, 5.41) is 9.03. The molecule has 0 aliphatic carbocycles. The summed E-state index contributed by atoms with van der Waals surface area (Å²) < 4.78 is 5.98. The fraction of sp³-hybridized carbons (Fsp3) is 1.00. The van der Waals surface area contributed by atoms with Gasteiger partial charge in [-0.15, -0.1) is 0 Å². The van der Waals surface area contributed by atoms with Gasteiger partial charge in [0, 0.05) is 13.1 Å². The predicted octanol–water partition coefficient (Wildman–Crippen LogP) is 2.04. The predicted molar refractivity (Wildman–Crippen MR) is 66.6 cm³/mol. The molecule has 3 nitrogen and oxygen atoms in total. The number of hydrogen-bond donors (Lipinski definition) is 1. The minimum atomic E-state index is 0.0559. The molecule has 1 aliphatic rings. The van der Waals surface area contributed by atoms with Gasteiger partial charge in [-0.05, 0) is 39.7 Å². The number of nitrogens with zero attached hydrogens (tertiary/aromatic N) is 1. The van der Waals surface area contributed by atoms with E-state index in [0.29, 0.717) is 6.10 Å². The minimum Gasteiger partial charge on any atom is -0.395 e. The first-order valence-corrected chi connectivity index (χ1v) is 6.58. The first-order valence-electron chi connectivity index (χ1n) is 6.58. The largest absolute Gasteiger partial charge is 0.395 e. The first-order chi connectivity index (χ1) is 7.57. The Bertz CT molecular complexity index is 194. The zero-order valence-electron chi connectivity index (χ0n) is 11.0. The molecule has 1 saturated heterocycles. The van der Waals surface area contributed by atoms with Crippen molar-refractivity contribution in [2.75, 3.05) is 26.2 Å². The molecule has 3 heteroatoms. The SMILES string of the molecule is CCCCN(CCO)CC1CCC(C)(C)O1. The lowest BCUT2D eigenvalue weighted by Gasteiger charge is -2.26. The smallest absolute Gasteiger partial charge is 0.0710 e. The van der Waals surface area contributed by atoms with Crippen molar-refractivity contribution in [2.24, 2.45) is 0 Å². The van der Waals surface area contributed by atoms with E-state index in [1.807, 2.05) is 0 Å². The third kappa shape index (κ3) is 4.81. The lowest BCUT2D eigenvalue weighted by molar-refractivity contribution is -0.0300. The Morgan fingerprint density at radius 1 is 1.38 bits per heavy atom. The van der Waals surface area contributed by atoms with Gasteiger partial charge in [0.25, 0.3) is 0 Å². The maximum Gasteiger partial charge on any atom is 0.0710 e. The number of rotatable bonds is 7. The Hall–Kier alpha value is -0.120. The van der Waals surface area contributed by atoms with Gasteiger partial charge < -0.3 is 9.84 Å². The van der Waals surface area contributed by atoms with Crippen LogP contribution in [-0.2, 0) is 4.74 Å². The standard InChI is InChI=1S/C13H27NO2/c1-4-5-8-14(9-10-15)11-12-6-7-13(2,3)16-12/h12,15H,4-11H2,1-3H3. The van der Waals surface area contributed by atoms with Gasteiger partial charge in [0.05, 0.1) is 18.3 Å². The molecule has 1 atom stereocenters. The molecule has 1 N–H and O–H groups in total. The van der Waals surface area contributed by atoms with E-state index in [-0.39, 0.29) is 12.2 Å². The van der Waals surface area contributed by atoms with E-state index in [4.69, 9.17) is 9.84 Å². The van der Waals surface area contributed by atoms with Crippen LogP contribution < -0.4 is 0 Å². The molecule has 0 spiro atoms. The molecule has 1 rings (SSSR count). The monoisotopic (exact) mass is 229 g/mol. The van der Waals surface area contributed by atoms with E-state index < -0.39 is 0 Å². The van der Waals surface area contributed by atoms with Crippen LogP contribution in [0.1, 0.15) is 46.5 Å². The van der Waals surface area contributed by atoms with Crippen LogP contribution in [0, 0.1) is 0 Å². The highest BCUT2D eigenvalue weighted by Gasteiger charge is 2.32. The van der Waals surface area contributed by atoms with E-state index in [1.165, 1.54) is 12.8 Å². The molecule has 0 saturated carbocycles. The van der Waals surface area contributed by atoms with Crippen molar-refractivity contribution in [1.82, 2.24) is 4.90 Å². The van der Waals surface area contributed by atoms with Crippen LogP contribution in [0.5, 0.6) is 0 Å². The number of aliphatic hydroxyl groups is 1. The van der Waals surface area contributed by atoms with E-state index >= 15 is 0 Å². The average Bonchev–Trinajstić information content (AvgIpc) is 2.55. The highest BCUT2D eigenvalue weighted by Crippen LogP contribution is 2.29. The summed E-state index contributed by atoms with van der Waals surface area (Å²) >= 11 is 0. The van der Waals surface area contributed by atoms with E-state index in [0.717, 1.165) is 32.5 Å². The van der Waals surface area contributed by atoms with Gasteiger partial charge in [0.2, 0.25) is 0 Å². The van der Waals surface area contributed by atoms with Crippen LogP contribution in [0.4, 0.5) is 0 Å². The molecule has 0 bridgehead atoms. The zero-order chi connectivity index (χ0) is 12.0. The Morgan fingerprint density at radius 2 is 2.12 bits per heavy atom. The van der Waals surface area contributed by atoms with E-state index in [1.54, 1.807) is 0 Å². The molecule has 96 valence electrons. The van der Waals surface area contributed by atoms with Crippen LogP contribution in [-0.4, -0.2) is 48.0 Å². The lowest BCUT2D eigenvalue weighted by Crippen LogP contribution is -2.36. The third-order valence-electron chi connectivity index (χ3n) is 3.26. The van der Waals surface area contributed by atoms with Gasteiger partial charge >= 0.3 is 0 Å². The molecule has 0 aromatic rings. The van der Waals surface area contributed by atoms with Crippen molar-refractivity contribution < 1.29 is 9.84 Å². The second-order valence-electron chi connectivity index (χ2n) is 5.42. The fourth-order valence-electron chi connectivity index (χ4n) is 2.31. The van der Waals surface area contributed by atoms with Crippen LogP contribution in [0.2, 0.25) is 0 Å². The normalized spacial score (nSPS) is 24.2. The first kappa shape index (κ1) is 13.9. The summed E-state index contributed by atoms with van der Waals surface area (Å²) in [6.45, 7) is 9.61. The molecule has 16 heavy (non-hydrogen) atoms. The highest BCUT2D eigenvalue weighted by molar-refractivity contribution is 4.82. The van der Waals surface area contributed by atoms with Crippen molar-refractivity contribution in [3.05, 3.63) is 0 Å². The van der Waals surface area contributed by atoms with Crippen LogP contribution in [0.15, 0.2) is 0 Å². The van der Waals surface area contributed by atoms with Gasteiger partial charge in [-0.1, -0.05) is 13.3 Å². The number of hydrogen-bond acceptors (Lipinski definition) is 3. The fourth-order valence-corrected chi connectivity index (χ4v) is 2.31. The number of aliphatic hydroxyl groups excluding tert-OH is 1. The third-order valence-corrected chi connectivity index (χ3v) is 3.26. The van der Waals surface area contributed by atoms with Crippen molar-refractivity contribution in [2.45, 2.75) is 58.2 Å². The quantitative estimate of drug-likeness (QED) is 0.725. The number of unbranched alkanes of at least 4 members (excludes halogenated alkanes) is 1. The van der Waals surface area contributed by atoms with Gasteiger partial charge in [-0.2, -0.15) is 0 Å². The van der Waals surface area contributed by atoms with Gasteiger partial charge in [-0.25, -0.2) is 0 Å². The zero-order valence-corrected chi connectivity index (χ0v) is 11.0. The Labute approximate surface area is 99.8 Å². The minimum absolute atomic E-state index is 0.0559. The molecular weight excluding hydrogens is 202 g/mol. The molecule has 0 aromatic heterocycles. The summed E-state index contributed by atoms with van der Waals surface area (Å²) in [5.41, 5.74) is 0.0559. The maximum atomic E-state index is 9.03. The van der Waals surface area contributed by atoms with Gasteiger partial charge in [0.15, 0.2) is 0 Å². The topological polar surface area (TPSA) is 32.7 Å². The van der Waals surface area contributed by atoms with Crippen LogP contribution in [0.3, 0.4) is 0 Å². The Morgan fingerprint density at radius 3 is 2.62 bits per heavy atom. The molecule has 0 aromatic carbocycles. The van der Waals surface area contributed by atoms with Gasteiger partial charge in [-0.3, -0.25) is 4.90 Å². The molecular formula is C13H27NO2. The molecule has 0 radical (unpaired) electrons. The van der Waals surface area contributed by atoms with Crippen LogP contribution >= 0.6 is 0 Å². The maximum absolute atomic E-state index is 9.03. The van der Waals surface area contributed by atoms with Crippen molar-refractivity contribution in [1.29, 1.82) is 0 Å². The van der Waals surface area contributed by atoms with E-state index in [9.17, 15) is 0 Å². The van der Waals surface area contributed by atoms with Crippen molar-refractivity contribution in [3.63, 3.8) is 0 Å². The summed E-state index contributed by atoms with van der Waals surface area (Å²) in [6, 6.07) is 0. The summed E-state index contributed by atoms with van der Waals surface area (Å²) in [7, 11) is 0. The highest BCUT2D eigenvalue weighted by atomic mass is 16.5. The molecule has 1 heterocycles. The lowest BCUT2D eigenvalue weighted by atomic mass is 10.1. The molecule has 1 unspecified atom stereocenters. The van der Waals surface area contributed by atoms with Crippen molar-refractivity contribution in [3.8, 4) is 0 Å². The average molecular weight is 229 g/mol. The molecule has 0 amide bonds. The van der Waals surface area contributed by atoms with Crippen LogP contribution in [0.25, 0.3) is 0 Å². The number of ether oxygens (including phenoxy) is 1. The molecule has 1 aliphatic heterocycles. The Kier molecular flexibility index (Phi) is 5.73. The molecule has 1 fully saturated rings. The second kappa shape index (κ2) is 6.58. The summed E-state index contributed by atoms with van der Waals surface area (Å²) in [6.07, 6.45) is 5.08. The van der Waals surface area contributed by atoms with Crippen molar-refractivity contribution >= 4 is 0 Å². The van der Waals surface area contributed by atoms with Gasteiger partial charge in [0.1, 0.15) is 0 Å². The second-order valence-corrected chi connectivity index (χ2v) is 5.42. The summed E-state index contributed by atoms with van der Waals surface area (Å²) in [4.78, 5) is 2.33. The summed E-state index contributed by atoms with van der Waals surface area (Å²) in [5.74, 6) is 0. The van der Waals surface area contributed by atoms with E-state index in [2.05, 4.69) is 25.7 Å². The Balaban J connectivity index is 2.31.